The number of carbonyl (C=O) groups is 2. The zero-order chi connectivity index (χ0) is 43.3. The first-order valence-corrected chi connectivity index (χ1v) is 23.3. The number of esters is 2. The average Bonchev–Trinajstić information content (AvgIpc) is 3.22. The number of ether oxygens (including phenoxy) is 2. The van der Waals surface area contributed by atoms with Crippen LogP contribution in [0.25, 0.3) is 0 Å². The van der Waals surface area contributed by atoms with Crippen molar-refractivity contribution in [1.82, 2.24) is 0 Å². The largest absolute Gasteiger partial charge is 0.472 e. The van der Waals surface area contributed by atoms with E-state index in [0.29, 0.717) is 19.3 Å². The zero-order valence-corrected chi connectivity index (χ0v) is 37.1. The van der Waals surface area contributed by atoms with Gasteiger partial charge >= 0.3 is 19.8 Å². The van der Waals surface area contributed by atoms with Crippen LogP contribution in [-0.4, -0.2) is 65.7 Å². The minimum absolute atomic E-state index is 0.126. The summed E-state index contributed by atoms with van der Waals surface area (Å²) in [6.45, 7) is 2.11. The molecule has 0 aliphatic heterocycles. The molecule has 0 spiro atoms. The van der Waals surface area contributed by atoms with Crippen LogP contribution < -0.4 is 0 Å². The molecule has 0 rings (SSSR count). The highest BCUT2D eigenvalue weighted by Crippen LogP contribution is 2.43. The second-order valence-corrected chi connectivity index (χ2v) is 15.4. The maximum Gasteiger partial charge on any atom is 0.472 e. The lowest BCUT2D eigenvalue weighted by atomic mass is 10.1. The molecule has 0 radical (unpaired) electrons. The number of aliphatic hydroxyl groups excluding tert-OH is 2. The number of unbranched alkanes of at least 4 members (excludes halogenated alkanes) is 7. The van der Waals surface area contributed by atoms with E-state index < -0.39 is 51.8 Å². The minimum Gasteiger partial charge on any atom is -0.462 e. The van der Waals surface area contributed by atoms with E-state index in [-0.39, 0.29) is 19.4 Å². The highest BCUT2D eigenvalue weighted by atomic mass is 31.2. The number of phosphoric ester groups is 1. The van der Waals surface area contributed by atoms with E-state index in [1.54, 1.807) is 0 Å². The Balaban J connectivity index is 4.48. The van der Waals surface area contributed by atoms with Gasteiger partial charge in [-0.15, -0.1) is 0 Å². The third kappa shape index (κ3) is 42.6. The Kier molecular flexibility index (Phi) is 40.3. The van der Waals surface area contributed by atoms with Gasteiger partial charge in [-0.05, 0) is 96.3 Å². The molecule has 0 fully saturated rings. The van der Waals surface area contributed by atoms with Crippen LogP contribution in [0, 0.1) is 0 Å². The summed E-state index contributed by atoms with van der Waals surface area (Å²) in [7, 11) is -4.65. The van der Waals surface area contributed by atoms with Crippen molar-refractivity contribution in [2.24, 2.45) is 0 Å². The molecule has 0 amide bonds. The summed E-state index contributed by atoms with van der Waals surface area (Å²) >= 11 is 0. The molecule has 0 heterocycles. The molecule has 1 unspecified atom stereocenters. The molecule has 334 valence electrons. The summed E-state index contributed by atoms with van der Waals surface area (Å²) in [6, 6.07) is 0. The van der Waals surface area contributed by atoms with E-state index in [0.717, 1.165) is 77.0 Å². The predicted molar refractivity (Wildman–Crippen MR) is 242 cm³/mol. The number of aliphatic hydroxyl groups is 2. The second-order valence-electron chi connectivity index (χ2n) is 14.0. The van der Waals surface area contributed by atoms with Gasteiger partial charge in [-0.3, -0.25) is 18.6 Å². The van der Waals surface area contributed by atoms with Gasteiger partial charge in [0.05, 0.1) is 19.8 Å². The lowest BCUT2D eigenvalue weighted by Crippen LogP contribution is -2.29. The van der Waals surface area contributed by atoms with Crippen molar-refractivity contribution < 1.29 is 47.8 Å². The second kappa shape index (κ2) is 42.7. The highest BCUT2D eigenvalue weighted by Gasteiger charge is 2.27. The van der Waals surface area contributed by atoms with Gasteiger partial charge in [0.1, 0.15) is 12.7 Å². The van der Waals surface area contributed by atoms with Crippen molar-refractivity contribution in [3.8, 4) is 0 Å². The van der Waals surface area contributed by atoms with Gasteiger partial charge in [0, 0.05) is 12.8 Å². The number of carbonyl (C=O) groups excluding carboxylic acids is 2. The van der Waals surface area contributed by atoms with Crippen LogP contribution >= 0.6 is 7.82 Å². The number of rotatable bonds is 39. The number of hydrogen-bond donors (Lipinski definition) is 3. The monoisotopic (exact) mass is 845 g/mol. The minimum atomic E-state index is -4.65. The molecule has 0 saturated heterocycles. The van der Waals surface area contributed by atoms with E-state index >= 15 is 0 Å². The Hall–Kier alpha value is -3.37. The number of allylic oxidation sites excluding steroid dienone is 18. The fourth-order valence-electron chi connectivity index (χ4n) is 5.07. The van der Waals surface area contributed by atoms with Crippen LogP contribution in [0.3, 0.4) is 0 Å². The Labute approximate surface area is 356 Å². The smallest absolute Gasteiger partial charge is 0.462 e. The van der Waals surface area contributed by atoms with E-state index in [2.05, 4.69) is 122 Å². The fraction of sp³-hybridized carbons (Fsp3) is 0.583. The van der Waals surface area contributed by atoms with Crippen LogP contribution in [0.5, 0.6) is 0 Å². The van der Waals surface area contributed by atoms with Crippen molar-refractivity contribution >= 4 is 19.8 Å². The van der Waals surface area contributed by atoms with Crippen LogP contribution in [0.2, 0.25) is 0 Å². The normalized spacial score (nSPS) is 14.9. The van der Waals surface area contributed by atoms with E-state index in [4.69, 9.17) is 19.1 Å². The average molecular weight is 845 g/mol. The van der Waals surface area contributed by atoms with Crippen molar-refractivity contribution in [2.45, 2.75) is 154 Å². The van der Waals surface area contributed by atoms with Gasteiger partial charge < -0.3 is 24.6 Å². The predicted octanol–water partition coefficient (Wildman–Crippen LogP) is 11.8. The zero-order valence-electron chi connectivity index (χ0n) is 36.2. The molecule has 0 aromatic heterocycles. The number of hydrogen-bond acceptors (Lipinski definition) is 9. The van der Waals surface area contributed by atoms with Gasteiger partial charge in [-0.2, -0.15) is 0 Å². The van der Waals surface area contributed by atoms with Gasteiger partial charge in [-0.1, -0.05) is 142 Å². The lowest BCUT2D eigenvalue weighted by Gasteiger charge is -2.20. The van der Waals surface area contributed by atoms with Crippen molar-refractivity contribution in [3.63, 3.8) is 0 Å². The molecule has 0 aromatic rings. The van der Waals surface area contributed by atoms with Crippen molar-refractivity contribution in [2.75, 3.05) is 26.4 Å². The summed E-state index contributed by atoms with van der Waals surface area (Å²) < 4.78 is 32.6. The van der Waals surface area contributed by atoms with Gasteiger partial charge in [0.15, 0.2) is 6.10 Å². The third-order valence-electron chi connectivity index (χ3n) is 8.41. The molecular weight excluding hydrogens is 767 g/mol. The molecule has 11 heteroatoms. The van der Waals surface area contributed by atoms with Gasteiger partial charge in [-0.25, -0.2) is 4.57 Å². The molecule has 3 N–H and O–H groups in total. The van der Waals surface area contributed by atoms with Crippen LogP contribution in [0.15, 0.2) is 109 Å². The fourth-order valence-corrected chi connectivity index (χ4v) is 5.86. The molecule has 0 saturated carbocycles. The molecule has 3 atom stereocenters. The van der Waals surface area contributed by atoms with Crippen LogP contribution in [0.4, 0.5) is 0 Å². The Bertz CT molecular complexity index is 1340. The standard InChI is InChI=1S/C48H77O10P/c1-3-5-7-9-11-13-15-17-19-21-22-24-26-28-30-32-34-36-38-40-48(52)58-46(44-57-59(53,54)56-42-45(50)41-49)43-55-47(51)39-37-35-33-31-29-27-25-23-20-18-16-14-12-10-8-6-4-2/h5,7,11-14,17-20,22,24-25,27-28,30-31,33,45-46,49-50H,3-4,6,8-10,15-16,21,23,26,29,32,34-44H2,1-2H3,(H,53,54)/b7-5+,13-11+,14-12+,19-17+,20-18+,24-22+,27-25+,30-28+,33-31+/t45-,46+/m0/s1. The first kappa shape index (κ1) is 55.6. The maximum absolute atomic E-state index is 12.6. The van der Waals surface area contributed by atoms with E-state index in [9.17, 15) is 24.2 Å². The summed E-state index contributed by atoms with van der Waals surface area (Å²) in [4.78, 5) is 35.0. The first-order chi connectivity index (χ1) is 28.7. The maximum atomic E-state index is 12.6. The topological polar surface area (TPSA) is 149 Å². The summed E-state index contributed by atoms with van der Waals surface area (Å²) in [5, 5.41) is 18.3. The molecule has 0 aromatic carbocycles. The SMILES string of the molecule is CC/C=C/C/C=C/C/C=C/C/C=C/C/C=C/CCCCCC(=O)O[C@H](COC(=O)CCC/C=C/C/C=C/C/C=C/C/C=C/CCCCC)COP(=O)(O)OC[C@@H](O)CO. The van der Waals surface area contributed by atoms with E-state index in [1.807, 2.05) is 6.08 Å². The van der Waals surface area contributed by atoms with Crippen LogP contribution in [0.1, 0.15) is 142 Å². The molecule has 59 heavy (non-hydrogen) atoms. The summed E-state index contributed by atoms with van der Waals surface area (Å²) in [5.74, 6) is -1.04. The quantitative estimate of drug-likeness (QED) is 0.0236. The highest BCUT2D eigenvalue weighted by molar-refractivity contribution is 7.47. The summed E-state index contributed by atoms with van der Waals surface area (Å²) in [5.41, 5.74) is 0. The van der Waals surface area contributed by atoms with E-state index in [1.165, 1.54) is 19.3 Å². The number of phosphoric acid groups is 1. The third-order valence-corrected chi connectivity index (χ3v) is 9.36. The Morgan fingerprint density at radius 2 is 0.949 bits per heavy atom. The first-order valence-electron chi connectivity index (χ1n) is 21.8. The molecule has 10 nitrogen and oxygen atoms in total. The van der Waals surface area contributed by atoms with Gasteiger partial charge in [0.2, 0.25) is 0 Å². The van der Waals surface area contributed by atoms with Crippen LogP contribution in [-0.2, 0) is 32.7 Å². The Morgan fingerprint density at radius 3 is 1.42 bits per heavy atom. The molecule has 0 aliphatic rings. The van der Waals surface area contributed by atoms with Gasteiger partial charge in [0.25, 0.3) is 0 Å². The molecular formula is C48H77O10P. The lowest BCUT2D eigenvalue weighted by molar-refractivity contribution is -0.161. The summed E-state index contributed by atoms with van der Waals surface area (Å²) in [6.07, 6.45) is 53.4. The molecule has 0 bridgehead atoms. The Morgan fingerprint density at radius 1 is 0.525 bits per heavy atom. The molecule has 0 aliphatic carbocycles. The van der Waals surface area contributed by atoms with Crippen molar-refractivity contribution in [1.29, 1.82) is 0 Å². The van der Waals surface area contributed by atoms with Crippen molar-refractivity contribution in [3.05, 3.63) is 109 Å².